The number of anilines is 2. The fraction of sp³-hybridized carbons (Fsp3) is 0.385. The number of carbonyl (C=O) groups excluding carboxylic acids is 1. The lowest BCUT2D eigenvalue weighted by Gasteiger charge is -2.30. The molecule has 3 aromatic rings. The van der Waals surface area contributed by atoms with Crippen molar-refractivity contribution < 1.29 is 14.3 Å². The molecule has 2 aliphatic heterocycles. The number of nitrogens with one attached hydrogen (secondary N) is 1. The minimum atomic E-state index is -0.191. The predicted octanol–water partition coefficient (Wildman–Crippen LogP) is 2.51. The maximum atomic E-state index is 13.2. The van der Waals surface area contributed by atoms with Crippen LogP contribution >= 0.6 is 0 Å². The number of hydrogen-bond acceptors (Lipinski definition) is 9. The minimum Gasteiger partial charge on any atom is -0.489 e. The van der Waals surface area contributed by atoms with Crippen LogP contribution < -0.4 is 20.7 Å². The third-order valence-electron chi connectivity index (χ3n) is 6.35. The van der Waals surface area contributed by atoms with Crippen molar-refractivity contribution in [2.45, 2.75) is 25.4 Å². The second-order valence-corrected chi connectivity index (χ2v) is 8.80. The van der Waals surface area contributed by atoms with Crippen LogP contribution in [0.15, 0.2) is 48.9 Å². The number of Topliss-reactive ketones (excluding diaryl/α,β-unsaturated/α-hetero) is 1. The molecule has 0 aliphatic carbocycles. The normalized spacial score (nSPS) is 18.3. The Bertz CT molecular complexity index is 1160. The number of piperidine rings is 1. The molecule has 2 saturated heterocycles. The second kappa shape index (κ2) is 10.8. The molecule has 0 unspecified atom stereocenters. The van der Waals surface area contributed by atoms with Crippen molar-refractivity contribution in [2.24, 2.45) is 0 Å². The van der Waals surface area contributed by atoms with E-state index in [1.807, 2.05) is 30.3 Å². The van der Waals surface area contributed by atoms with Crippen molar-refractivity contribution in [2.75, 3.05) is 50.0 Å². The van der Waals surface area contributed by atoms with Gasteiger partial charge in [0.15, 0.2) is 11.6 Å². The van der Waals surface area contributed by atoms with E-state index in [1.165, 1.54) is 0 Å². The van der Waals surface area contributed by atoms with E-state index in [1.54, 1.807) is 18.6 Å². The van der Waals surface area contributed by atoms with Gasteiger partial charge in [-0.05, 0) is 49.7 Å². The highest BCUT2D eigenvalue weighted by molar-refractivity contribution is 6.00. The van der Waals surface area contributed by atoms with Crippen LogP contribution in [0.4, 0.5) is 11.5 Å². The molecular weight excluding hydrogens is 444 g/mol. The van der Waals surface area contributed by atoms with Gasteiger partial charge in [0.05, 0.1) is 25.1 Å². The fourth-order valence-corrected chi connectivity index (χ4v) is 4.49. The van der Waals surface area contributed by atoms with Gasteiger partial charge in [-0.25, -0.2) is 9.97 Å². The van der Waals surface area contributed by atoms with Gasteiger partial charge >= 0.3 is 0 Å². The van der Waals surface area contributed by atoms with Gasteiger partial charge in [0, 0.05) is 55.3 Å². The topological polar surface area (TPSA) is 115 Å². The fourth-order valence-electron chi connectivity index (χ4n) is 4.49. The number of aromatic nitrogens is 3. The van der Waals surface area contributed by atoms with Crippen molar-refractivity contribution >= 4 is 17.3 Å². The molecule has 2 aromatic heterocycles. The number of nitrogen functional groups attached to an aromatic ring is 1. The summed E-state index contributed by atoms with van der Waals surface area (Å²) in [6.45, 7) is 4.79. The first-order chi connectivity index (χ1) is 17.2. The minimum absolute atomic E-state index is 0.125. The largest absolute Gasteiger partial charge is 0.489 e. The number of ether oxygens (including phenoxy) is 2. The molecular formula is C26H30N6O3. The molecule has 5 rings (SSSR count). The van der Waals surface area contributed by atoms with Crippen LogP contribution in [0.25, 0.3) is 11.3 Å². The van der Waals surface area contributed by atoms with Crippen LogP contribution in [0.5, 0.6) is 5.75 Å². The summed E-state index contributed by atoms with van der Waals surface area (Å²) in [5.74, 6) is 0.749. The first-order valence-corrected chi connectivity index (χ1v) is 12.1. The number of hydrogen-bond donors (Lipinski definition) is 2. The lowest BCUT2D eigenvalue weighted by atomic mass is 10.1. The molecule has 3 N–H and O–H groups in total. The molecule has 0 spiro atoms. The summed E-state index contributed by atoms with van der Waals surface area (Å²) in [7, 11) is 0. The van der Waals surface area contributed by atoms with E-state index in [0.29, 0.717) is 18.9 Å². The highest BCUT2D eigenvalue weighted by Gasteiger charge is 2.20. The van der Waals surface area contributed by atoms with Gasteiger partial charge in [0.25, 0.3) is 0 Å². The summed E-state index contributed by atoms with van der Waals surface area (Å²) in [4.78, 5) is 28.5. The monoisotopic (exact) mass is 474 g/mol. The molecule has 0 saturated carbocycles. The molecule has 0 radical (unpaired) electrons. The van der Waals surface area contributed by atoms with E-state index >= 15 is 0 Å². The highest BCUT2D eigenvalue weighted by atomic mass is 16.5. The average molecular weight is 475 g/mol. The molecule has 0 amide bonds. The molecule has 1 atom stereocenters. The summed E-state index contributed by atoms with van der Waals surface area (Å²) in [6, 6.07) is 9.64. The van der Waals surface area contributed by atoms with E-state index < -0.39 is 0 Å². The standard InChI is InChI=1S/C26H30N6O3/c27-26-25(24(33)14-19-15-29-9-7-23(19)32-10-12-34-13-11-32)31-22(17-30-26)18-3-5-20(6-4-18)35-21-2-1-8-28-16-21/h3-7,9,15,17,21,28H,1-2,8,10-14,16H2,(H2,27,30)/t21-/m1/s1. The van der Waals surface area contributed by atoms with Crippen molar-refractivity contribution in [1.82, 2.24) is 20.3 Å². The maximum absolute atomic E-state index is 13.2. The SMILES string of the molecule is Nc1ncc(-c2ccc(O[C@@H]3CCCNC3)cc2)nc1C(=O)Cc1cnccc1N1CCOCC1. The first kappa shape index (κ1) is 23.2. The summed E-state index contributed by atoms with van der Waals surface area (Å²) in [5.41, 5.74) is 9.50. The van der Waals surface area contributed by atoms with E-state index in [2.05, 4.69) is 25.2 Å². The van der Waals surface area contributed by atoms with Crippen LogP contribution in [-0.2, 0) is 11.2 Å². The Morgan fingerprint density at radius 3 is 2.77 bits per heavy atom. The van der Waals surface area contributed by atoms with Gasteiger partial charge in [0.2, 0.25) is 0 Å². The van der Waals surface area contributed by atoms with Gasteiger partial charge in [-0.2, -0.15) is 0 Å². The van der Waals surface area contributed by atoms with Crippen molar-refractivity contribution in [3.8, 4) is 17.0 Å². The Morgan fingerprint density at radius 2 is 2.00 bits per heavy atom. The van der Waals surface area contributed by atoms with Gasteiger partial charge in [-0.3, -0.25) is 9.78 Å². The van der Waals surface area contributed by atoms with Gasteiger partial charge < -0.3 is 25.4 Å². The molecule has 9 nitrogen and oxygen atoms in total. The molecule has 2 fully saturated rings. The number of nitrogens with two attached hydrogens (primary N) is 1. The van der Waals surface area contributed by atoms with Crippen molar-refractivity contribution in [3.63, 3.8) is 0 Å². The van der Waals surface area contributed by atoms with Crippen LogP contribution in [0, 0.1) is 0 Å². The van der Waals surface area contributed by atoms with E-state index in [9.17, 15) is 4.79 Å². The molecule has 35 heavy (non-hydrogen) atoms. The van der Waals surface area contributed by atoms with Crippen molar-refractivity contribution in [1.29, 1.82) is 0 Å². The van der Waals surface area contributed by atoms with Crippen LogP contribution in [0.3, 0.4) is 0 Å². The average Bonchev–Trinajstić information content (AvgIpc) is 2.91. The Kier molecular flexibility index (Phi) is 7.15. The number of carbonyl (C=O) groups is 1. The van der Waals surface area contributed by atoms with E-state index in [-0.39, 0.29) is 29.8 Å². The first-order valence-electron chi connectivity index (χ1n) is 12.1. The number of benzene rings is 1. The van der Waals surface area contributed by atoms with E-state index in [4.69, 9.17) is 15.2 Å². The molecule has 2 aliphatic rings. The summed E-state index contributed by atoms with van der Waals surface area (Å²) >= 11 is 0. The molecule has 4 heterocycles. The molecule has 1 aromatic carbocycles. The highest BCUT2D eigenvalue weighted by Crippen LogP contribution is 2.25. The number of morpholine rings is 1. The zero-order valence-electron chi connectivity index (χ0n) is 19.7. The molecule has 182 valence electrons. The zero-order valence-corrected chi connectivity index (χ0v) is 19.7. The number of ketones is 1. The lowest BCUT2D eigenvalue weighted by Crippen LogP contribution is -2.37. The van der Waals surface area contributed by atoms with Crippen LogP contribution in [-0.4, -0.2) is 66.2 Å². The Hall–Kier alpha value is -3.56. The quantitative estimate of drug-likeness (QED) is 0.498. The molecule has 0 bridgehead atoms. The Labute approximate surface area is 204 Å². The Balaban J connectivity index is 1.32. The van der Waals surface area contributed by atoms with Crippen LogP contribution in [0.2, 0.25) is 0 Å². The summed E-state index contributed by atoms with van der Waals surface area (Å²) < 4.78 is 11.5. The van der Waals surface area contributed by atoms with Crippen LogP contribution in [0.1, 0.15) is 28.9 Å². The van der Waals surface area contributed by atoms with Gasteiger partial charge in [-0.15, -0.1) is 0 Å². The predicted molar refractivity (Wildman–Crippen MR) is 134 cm³/mol. The third kappa shape index (κ3) is 5.58. The van der Waals surface area contributed by atoms with Crippen molar-refractivity contribution in [3.05, 3.63) is 60.2 Å². The summed E-state index contributed by atoms with van der Waals surface area (Å²) in [5, 5.41) is 3.35. The maximum Gasteiger partial charge on any atom is 0.189 e. The lowest BCUT2D eigenvalue weighted by molar-refractivity contribution is 0.0988. The molecule has 9 heteroatoms. The van der Waals surface area contributed by atoms with Gasteiger partial charge in [-0.1, -0.05) is 0 Å². The number of pyridine rings is 1. The summed E-state index contributed by atoms with van der Waals surface area (Å²) in [6.07, 6.45) is 7.57. The smallest absolute Gasteiger partial charge is 0.189 e. The van der Waals surface area contributed by atoms with E-state index in [0.717, 1.165) is 61.6 Å². The van der Waals surface area contributed by atoms with Gasteiger partial charge in [0.1, 0.15) is 17.5 Å². The Morgan fingerprint density at radius 1 is 1.17 bits per heavy atom. The number of nitrogens with zero attached hydrogens (tertiary/aromatic N) is 4. The third-order valence-corrected chi connectivity index (χ3v) is 6.35. The number of rotatable bonds is 7. The second-order valence-electron chi connectivity index (χ2n) is 8.80. The zero-order chi connectivity index (χ0) is 24.0.